The highest BCUT2D eigenvalue weighted by Gasteiger charge is 2.17. The van der Waals surface area contributed by atoms with Crippen LogP contribution >= 0.6 is 31.9 Å². The number of anilines is 1. The predicted molar refractivity (Wildman–Crippen MR) is 121 cm³/mol. The first kappa shape index (κ1) is 22.3. The Kier molecular flexibility index (Phi) is 7.13. The largest absolute Gasteiger partial charge is 0.482 e. The van der Waals surface area contributed by atoms with Gasteiger partial charge in [0.1, 0.15) is 17.9 Å². The van der Waals surface area contributed by atoms with Crippen LogP contribution in [0.1, 0.15) is 41.1 Å². The van der Waals surface area contributed by atoms with Gasteiger partial charge in [0, 0.05) is 17.7 Å². The maximum Gasteiger partial charge on any atom is 0.166 e. The molecule has 1 atom stereocenters. The normalized spacial score (nSPS) is 11.9. The number of nitrogen functional groups attached to an aromatic ring is 1. The summed E-state index contributed by atoms with van der Waals surface area (Å²) in [5, 5.41) is 13.5. The van der Waals surface area contributed by atoms with Gasteiger partial charge in [0.2, 0.25) is 0 Å². The standard InChI is InChI=1S/C21H21Br2N5O2/c1-12-4-5-14(10-29-11-17-20(23)18(8-24)28(3)27-17)16(6-12)13(2)30-19-7-15(22)9-26-21(19)25/h4-7,9,13H,10-11H2,1-3H3,(H2,25,26). The first-order chi connectivity index (χ1) is 14.3. The van der Waals surface area contributed by atoms with E-state index in [9.17, 15) is 5.26 Å². The second kappa shape index (κ2) is 9.60. The number of pyridine rings is 1. The van der Waals surface area contributed by atoms with E-state index in [4.69, 9.17) is 15.2 Å². The van der Waals surface area contributed by atoms with Gasteiger partial charge in [-0.1, -0.05) is 23.8 Å². The molecular weight excluding hydrogens is 514 g/mol. The minimum Gasteiger partial charge on any atom is -0.482 e. The second-order valence-corrected chi connectivity index (χ2v) is 8.55. The summed E-state index contributed by atoms with van der Waals surface area (Å²) in [6, 6.07) is 10.1. The van der Waals surface area contributed by atoms with Crippen molar-refractivity contribution in [1.82, 2.24) is 14.8 Å². The fourth-order valence-corrected chi connectivity index (χ4v) is 3.88. The van der Waals surface area contributed by atoms with Crippen molar-refractivity contribution in [2.45, 2.75) is 33.2 Å². The maximum absolute atomic E-state index is 9.19. The second-order valence-electron chi connectivity index (χ2n) is 6.84. The molecule has 0 saturated carbocycles. The van der Waals surface area contributed by atoms with E-state index in [0.29, 0.717) is 34.0 Å². The molecule has 1 unspecified atom stereocenters. The highest BCUT2D eigenvalue weighted by Crippen LogP contribution is 2.30. The number of hydrogen-bond donors (Lipinski definition) is 1. The van der Waals surface area contributed by atoms with Crippen molar-refractivity contribution in [2.24, 2.45) is 7.05 Å². The summed E-state index contributed by atoms with van der Waals surface area (Å²) < 4.78 is 15.0. The van der Waals surface area contributed by atoms with Crippen LogP contribution in [0.4, 0.5) is 5.82 Å². The molecule has 2 aromatic heterocycles. The van der Waals surface area contributed by atoms with Crippen LogP contribution in [-0.2, 0) is 25.0 Å². The summed E-state index contributed by atoms with van der Waals surface area (Å²) in [6.45, 7) is 4.65. The molecule has 9 heteroatoms. The predicted octanol–water partition coefficient (Wildman–Crippen LogP) is 4.96. The summed E-state index contributed by atoms with van der Waals surface area (Å²) >= 11 is 6.81. The van der Waals surface area contributed by atoms with Crippen molar-refractivity contribution in [3.05, 3.63) is 67.5 Å². The van der Waals surface area contributed by atoms with Crippen LogP contribution in [0.5, 0.6) is 5.75 Å². The molecule has 3 aromatic rings. The number of nitrogens with zero attached hydrogens (tertiary/aromatic N) is 4. The number of ether oxygens (including phenoxy) is 2. The Bertz CT molecular complexity index is 1110. The van der Waals surface area contributed by atoms with Crippen molar-refractivity contribution >= 4 is 37.7 Å². The van der Waals surface area contributed by atoms with Gasteiger partial charge in [-0.05, 0) is 62.9 Å². The highest BCUT2D eigenvalue weighted by atomic mass is 79.9. The molecule has 156 valence electrons. The van der Waals surface area contributed by atoms with Crippen molar-refractivity contribution in [3.63, 3.8) is 0 Å². The summed E-state index contributed by atoms with van der Waals surface area (Å²) in [4.78, 5) is 4.12. The van der Waals surface area contributed by atoms with Crippen LogP contribution in [0, 0.1) is 18.3 Å². The SMILES string of the molecule is Cc1ccc(COCc2nn(C)c(C#N)c2Br)c(C(C)Oc2cc(Br)cnc2N)c1. The first-order valence-corrected chi connectivity index (χ1v) is 10.7. The zero-order valence-electron chi connectivity index (χ0n) is 16.8. The van der Waals surface area contributed by atoms with Crippen LogP contribution in [0.25, 0.3) is 0 Å². The van der Waals surface area contributed by atoms with E-state index in [1.54, 1.807) is 19.3 Å². The minimum atomic E-state index is -0.256. The van der Waals surface area contributed by atoms with E-state index in [-0.39, 0.29) is 12.7 Å². The number of aromatic nitrogens is 3. The molecule has 0 radical (unpaired) electrons. The number of aryl methyl sites for hydroxylation is 2. The van der Waals surface area contributed by atoms with Crippen molar-refractivity contribution in [1.29, 1.82) is 5.26 Å². The zero-order valence-corrected chi connectivity index (χ0v) is 20.0. The van der Waals surface area contributed by atoms with E-state index in [1.807, 2.05) is 26.0 Å². The Balaban J connectivity index is 1.75. The molecule has 0 fully saturated rings. The van der Waals surface area contributed by atoms with Gasteiger partial charge in [-0.15, -0.1) is 0 Å². The number of nitriles is 1. The van der Waals surface area contributed by atoms with Crippen molar-refractivity contribution < 1.29 is 9.47 Å². The summed E-state index contributed by atoms with van der Waals surface area (Å²) in [7, 11) is 1.73. The Morgan fingerprint density at radius 2 is 2.03 bits per heavy atom. The fourth-order valence-electron chi connectivity index (χ4n) is 3.03. The molecule has 0 bridgehead atoms. The molecule has 2 heterocycles. The Morgan fingerprint density at radius 1 is 1.27 bits per heavy atom. The lowest BCUT2D eigenvalue weighted by molar-refractivity contribution is 0.101. The van der Waals surface area contributed by atoms with E-state index in [0.717, 1.165) is 21.2 Å². The zero-order chi connectivity index (χ0) is 21.8. The molecule has 0 aliphatic carbocycles. The maximum atomic E-state index is 9.19. The van der Waals surface area contributed by atoms with E-state index < -0.39 is 0 Å². The van der Waals surface area contributed by atoms with Gasteiger partial charge >= 0.3 is 0 Å². The number of halogens is 2. The molecule has 0 amide bonds. The van der Waals surface area contributed by atoms with Gasteiger partial charge in [0.05, 0.1) is 17.7 Å². The third-order valence-electron chi connectivity index (χ3n) is 4.55. The van der Waals surface area contributed by atoms with E-state index in [1.165, 1.54) is 4.68 Å². The van der Waals surface area contributed by atoms with Crippen LogP contribution in [0.2, 0.25) is 0 Å². The van der Waals surface area contributed by atoms with Gasteiger partial charge in [-0.25, -0.2) is 4.98 Å². The van der Waals surface area contributed by atoms with Crippen LogP contribution in [-0.4, -0.2) is 14.8 Å². The Labute approximate surface area is 192 Å². The average molecular weight is 535 g/mol. The lowest BCUT2D eigenvalue weighted by Gasteiger charge is -2.20. The van der Waals surface area contributed by atoms with Crippen LogP contribution in [0.15, 0.2) is 39.4 Å². The number of nitrogens with two attached hydrogens (primary N) is 1. The lowest BCUT2D eigenvalue weighted by Crippen LogP contribution is -2.10. The quantitative estimate of drug-likeness (QED) is 0.460. The third-order valence-corrected chi connectivity index (χ3v) is 5.82. The number of benzene rings is 1. The molecule has 1 aromatic carbocycles. The molecular formula is C21H21Br2N5O2. The van der Waals surface area contributed by atoms with Gasteiger partial charge in [0.15, 0.2) is 17.3 Å². The number of hydrogen-bond acceptors (Lipinski definition) is 6. The number of rotatable bonds is 7. The Morgan fingerprint density at radius 3 is 2.73 bits per heavy atom. The molecule has 7 nitrogen and oxygen atoms in total. The molecule has 0 aliphatic rings. The van der Waals surface area contributed by atoms with Gasteiger partial charge in [-0.2, -0.15) is 10.4 Å². The van der Waals surface area contributed by atoms with Crippen molar-refractivity contribution in [3.8, 4) is 11.8 Å². The monoisotopic (exact) mass is 533 g/mol. The van der Waals surface area contributed by atoms with E-state index in [2.05, 4.69) is 54.1 Å². The smallest absolute Gasteiger partial charge is 0.166 e. The summed E-state index contributed by atoms with van der Waals surface area (Å²) in [5.74, 6) is 0.857. The van der Waals surface area contributed by atoms with Crippen LogP contribution < -0.4 is 10.5 Å². The van der Waals surface area contributed by atoms with Gasteiger partial charge in [-0.3, -0.25) is 4.68 Å². The molecule has 0 saturated heterocycles. The molecule has 0 spiro atoms. The third kappa shape index (κ3) is 5.01. The first-order valence-electron chi connectivity index (χ1n) is 9.16. The molecule has 0 aliphatic heterocycles. The summed E-state index contributed by atoms with van der Waals surface area (Å²) in [6.07, 6.45) is 1.38. The van der Waals surface area contributed by atoms with Crippen LogP contribution in [0.3, 0.4) is 0 Å². The van der Waals surface area contributed by atoms with Gasteiger partial charge in [0.25, 0.3) is 0 Å². The molecule has 30 heavy (non-hydrogen) atoms. The highest BCUT2D eigenvalue weighted by molar-refractivity contribution is 9.10. The average Bonchev–Trinajstić information content (AvgIpc) is 2.98. The Hall–Kier alpha value is -2.41. The topological polar surface area (TPSA) is 99.0 Å². The van der Waals surface area contributed by atoms with E-state index >= 15 is 0 Å². The lowest BCUT2D eigenvalue weighted by atomic mass is 10.0. The summed E-state index contributed by atoms with van der Waals surface area (Å²) in [5.41, 5.74) is 10.2. The van der Waals surface area contributed by atoms with Crippen molar-refractivity contribution in [2.75, 3.05) is 5.73 Å². The molecule has 3 rings (SSSR count). The fraction of sp³-hybridized carbons (Fsp3) is 0.286. The minimum absolute atomic E-state index is 0.256. The van der Waals surface area contributed by atoms with Gasteiger partial charge < -0.3 is 15.2 Å². The molecule has 2 N–H and O–H groups in total.